The quantitative estimate of drug-likeness (QED) is 0.372. The third kappa shape index (κ3) is 5.68. The van der Waals surface area contributed by atoms with Crippen LogP contribution >= 0.6 is 11.3 Å². The number of piperidine rings is 1. The van der Waals surface area contributed by atoms with Crippen LogP contribution < -0.4 is 26.0 Å². The molecule has 2 aliphatic heterocycles. The molecule has 0 radical (unpaired) electrons. The zero-order valence-corrected chi connectivity index (χ0v) is 23.8. The number of pyridine rings is 2. The lowest BCUT2D eigenvalue weighted by atomic mass is 10.0. The van der Waals surface area contributed by atoms with Crippen molar-refractivity contribution in [3.05, 3.63) is 76.2 Å². The maximum absolute atomic E-state index is 13.0. The number of benzene rings is 1. The Kier molecular flexibility index (Phi) is 7.44. The van der Waals surface area contributed by atoms with Crippen molar-refractivity contribution in [1.82, 2.24) is 19.8 Å². The van der Waals surface area contributed by atoms with Crippen LogP contribution in [0.5, 0.6) is 0 Å². The van der Waals surface area contributed by atoms with E-state index in [2.05, 4.69) is 43.4 Å². The summed E-state index contributed by atoms with van der Waals surface area (Å²) in [5.74, 6) is 0.612. The minimum atomic E-state index is -0.111. The Morgan fingerprint density at radius 1 is 0.975 bits per heavy atom. The van der Waals surface area contributed by atoms with E-state index in [1.807, 2.05) is 54.9 Å². The van der Waals surface area contributed by atoms with Gasteiger partial charge in [0.05, 0.1) is 22.4 Å². The molecule has 5 heterocycles. The number of hydrogen-bond acceptors (Lipinski definition) is 8. The van der Waals surface area contributed by atoms with Gasteiger partial charge in [0.15, 0.2) is 0 Å². The van der Waals surface area contributed by atoms with Gasteiger partial charge in [-0.3, -0.25) is 9.59 Å². The van der Waals surface area contributed by atoms with Crippen LogP contribution in [0.15, 0.2) is 65.7 Å². The first-order valence-corrected chi connectivity index (χ1v) is 14.7. The van der Waals surface area contributed by atoms with Crippen molar-refractivity contribution in [3.8, 4) is 0 Å². The van der Waals surface area contributed by atoms with Gasteiger partial charge in [0.2, 0.25) is 0 Å². The molecule has 0 bridgehead atoms. The van der Waals surface area contributed by atoms with Crippen molar-refractivity contribution in [1.29, 1.82) is 0 Å². The highest BCUT2D eigenvalue weighted by molar-refractivity contribution is 7.20. The monoisotopic (exact) mass is 557 g/mol. The zero-order valence-electron chi connectivity index (χ0n) is 23.0. The average molecular weight is 558 g/mol. The van der Waals surface area contributed by atoms with Gasteiger partial charge in [0.1, 0.15) is 11.5 Å². The second kappa shape index (κ2) is 11.3. The molecule has 4 aromatic rings. The molecule has 40 heavy (non-hydrogen) atoms. The van der Waals surface area contributed by atoms with Crippen molar-refractivity contribution in [2.75, 3.05) is 61.4 Å². The van der Waals surface area contributed by atoms with Crippen molar-refractivity contribution in [3.63, 3.8) is 0 Å². The van der Waals surface area contributed by atoms with Crippen LogP contribution in [0.25, 0.3) is 10.1 Å². The van der Waals surface area contributed by atoms with E-state index in [1.165, 1.54) is 11.3 Å². The fraction of sp³-hybridized carbons (Fsp3) is 0.367. The topological polar surface area (TPSA) is 85.7 Å². The number of amides is 1. The van der Waals surface area contributed by atoms with E-state index in [4.69, 9.17) is 0 Å². The molecule has 10 heteroatoms. The Balaban J connectivity index is 1.13. The largest absolute Gasteiger partial charge is 0.368 e. The Hall–Kier alpha value is -3.89. The Morgan fingerprint density at radius 2 is 1.80 bits per heavy atom. The van der Waals surface area contributed by atoms with Gasteiger partial charge in [0, 0.05) is 63.3 Å². The molecule has 208 valence electrons. The minimum Gasteiger partial charge on any atom is -0.368 e. The van der Waals surface area contributed by atoms with Gasteiger partial charge in [-0.2, -0.15) is 0 Å². The number of piperazine rings is 1. The van der Waals surface area contributed by atoms with Gasteiger partial charge in [-0.15, -0.1) is 11.3 Å². The number of fused-ring (bicyclic) bond motifs is 1. The molecule has 0 spiro atoms. The summed E-state index contributed by atoms with van der Waals surface area (Å²) in [5.41, 5.74) is 2.41. The highest BCUT2D eigenvalue weighted by Gasteiger charge is 2.24. The van der Waals surface area contributed by atoms with Gasteiger partial charge in [-0.1, -0.05) is 18.2 Å². The number of carbonyl (C=O) groups excluding carboxylic acids is 1. The van der Waals surface area contributed by atoms with Crippen LogP contribution in [-0.4, -0.2) is 72.7 Å². The molecule has 2 aliphatic rings. The predicted molar refractivity (Wildman–Crippen MR) is 163 cm³/mol. The lowest BCUT2D eigenvalue weighted by Crippen LogP contribution is -2.48. The maximum atomic E-state index is 13.0. The zero-order chi connectivity index (χ0) is 27.6. The number of anilines is 4. The third-order valence-corrected chi connectivity index (χ3v) is 8.93. The van der Waals surface area contributed by atoms with E-state index in [0.29, 0.717) is 18.1 Å². The molecular weight excluding hydrogens is 522 g/mol. The van der Waals surface area contributed by atoms with Crippen molar-refractivity contribution < 1.29 is 4.79 Å². The molecule has 0 saturated carbocycles. The summed E-state index contributed by atoms with van der Waals surface area (Å²) in [4.78, 5) is 38.2. The SMILES string of the molecule is CN1CCN(c2ccc(Nc3cc(N4CCCC(NC(=O)c5cc6ccccc6s5)C4)cn(C)c3=O)nc2)CC1. The summed E-state index contributed by atoms with van der Waals surface area (Å²) >= 11 is 1.52. The van der Waals surface area contributed by atoms with Crippen LogP contribution in [0.1, 0.15) is 22.5 Å². The fourth-order valence-corrected chi connectivity index (χ4v) is 6.45. The number of nitrogens with one attached hydrogen (secondary N) is 2. The number of nitrogens with zero attached hydrogens (tertiary/aromatic N) is 5. The number of likely N-dealkylation sites (N-methyl/N-ethyl adjacent to an activating group) is 1. The molecule has 1 aromatic carbocycles. The summed E-state index contributed by atoms with van der Waals surface area (Å²) in [5, 5.41) is 7.58. The Labute approximate surface area is 238 Å². The van der Waals surface area contributed by atoms with Crippen molar-refractivity contribution >= 4 is 50.2 Å². The maximum Gasteiger partial charge on any atom is 0.274 e. The van der Waals surface area contributed by atoms with Gasteiger partial charge in [-0.25, -0.2) is 4.98 Å². The molecular formula is C30H35N7O2S. The van der Waals surface area contributed by atoms with E-state index in [9.17, 15) is 9.59 Å². The Bertz CT molecular complexity index is 1520. The predicted octanol–water partition coefficient (Wildman–Crippen LogP) is 3.89. The van der Waals surface area contributed by atoms with Crippen molar-refractivity contribution in [2.24, 2.45) is 7.05 Å². The number of carbonyl (C=O) groups is 1. The molecule has 0 aliphatic carbocycles. The fourth-order valence-electron chi connectivity index (χ4n) is 5.49. The van der Waals surface area contributed by atoms with Crippen LogP contribution in [0.4, 0.5) is 22.9 Å². The Morgan fingerprint density at radius 3 is 2.58 bits per heavy atom. The van der Waals surface area contributed by atoms with E-state index >= 15 is 0 Å². The summed E-state index contributed by atoms with van der Waals surface area (Å²) in [7, 11) is 3.91. The lowest BCUT2D eigenvalue weighted by Gasteiger charge is -2.35. The van der Waals surface area contributed by atoms with Gasteiger partial charge in [-0.05, 0) is 55.6 Å². The summed E-state index contributed by atoms with van der Waals surface area (Å²) < 4.78 is 2.72. The highest BCUT2D eigenvalue weighted by Crippen LogP contribution is 2.27. The smallest absolute Gasteiger partial charge is 0.274 e. The van der Waals surface area contributed by atoms with Crippen LogP contribution in [0.2, 0.25) is 0 Å². The van der Waals surface area contributed by atoms with Crippen LogP contribution in [0.3, 0.4) is 0 Å². The molecule has 2 N–H and O–H groups in total. The number of hydrogen-bond donors (Lipinski definition) is 2. The third-order valence-electron chi connectivity index (χ3n) is 7.82. The molecule has 1 unspecified atom stereocenters. The van der Waals surface area contributed by atoms with Gasteiger partial charge < -0.3 is 29.9 Å². The van der Waals surface area contributed by atoms with E-state index in [1.54, 1.807) is 11.6 Å². The second-order valence-electron chi connectivity index (χ2n) is 10.8. The normalized spacial score (nSPS) is 18.2. The van der Waals surface area contributed by atoms with Gasteiger partial charge >= 0.3 is 0 Å². The highest BCUT2D eigenvalue weighted by atomic mass is 32.1. The molecule has 3 aromatic heterocycles. The first-order chi connectivity index (χ1) is 19.4. The standard InChI is InChI=1S/C30H35N7O2S/c1-34-12-14-36(15-13-34)23-9-10-28(31-18-23)33-25-17-24(20-35(2)30(25)39)37-11-5-7-22(19-37)32-29(38)27-16-21-6-3-4-8-26(21)40-27/h3-4,6,8-10,16-18,20,22H,5,7,11-15,19H2,1-2H3,(H,31,33)(H,32,38). The summed E-state index contributed by atoms with van der Waals surface area (Å²) in [6, 6.07) is 15.9. The van der Waals surface area contributed by atoms with E-state index < -0.39 is 0 Å². The summed E-state index contributed by atoms with van der Waals surface area (Å²) in [6.07, 6.45) is 5.62. The van der Waals surface area contributed by atoms with E-state index in [-0.39, 0.29) is 17.5 Å². The minimum absolute atomic E-state index is 0.0260. The number of aryl methyl sites for hydroxylation is 1. The van der Waals surface area contributed by atoms with Crippen LogP contribution in [0, 0.1) is 0 Å². The second-order valence-corrected chi connectivity index (χ2v) is 11.8. The number of thiophene rings is 1. The molecule has 1 amide bonds. The summed E-state index contributed by atoms with van der Waals surface area (Å²) in [6.45, 7) is 5.59. The van der Waals surface area contributed by atoms with Crippen molar-refractivity contribution in [2.45, 2.75) is 18.9 Å². The molecule has 1 atom stereocenters. The molecule has 6 rings (SSSR count). The van der Waals surface area contributed by atoms with E-state index in [0.717, 1.165) is 71.9 Å². The number of aromatic nitrogens is 2. The average Bonchev–Trinajstić information content (AvgIpc) is 3.41. The first kappa shape index (κ1) is 26.3. The van der Waals surface area contributed by atoms with Crippen LogP contribution in [-0.2, 0) is 7.05 Å². The number of rotatable bonds is 6. The lowest BCUT2D eigenvalue weighted by molar-refractivity contribution is 0.0937. The first-order valence-electron chi connectivity index (χ1n) is 13.8. The van der Waals surface area contributed by atoms with Gasteiger partial charge in [0.25, 0.3) is 11.5 Å². The molecule has 2 fully saturated rings. The molecule has 9 nitrogen and oxygen atoms in total. The molecule has 2 saturated heterocycles.